The lowest BCUT2D eigenvalue weighted by Crippen LogP contribution is -2.06. The van der Waals surface area contributed by atoms with Crippen molar-refractivity contribution in [2.24, 2.45) is 0 Å². The maximum atomic E-state index is 8.48. The van der Waals surface area contributed by atoms with Gasteiger partial charge in [0, 0.05) is 0 Å². The summed E-state index contributed by atoms with van der Waals surface area (Å²) in [5.74, 6) is 0. The third-order valence-electron chi connectivity index (χ3n) is 2.24. The molecule has 0 atom stereocenters. The number of aromatic nitrogens is 3. The van der Waals surface area contributed by atoms with E-state index in [2.05, 4.69) is 23.1 Å². The molecule has 1 heterocycles. The van der Waals surface area contributed by atoms with Crippen molar-refractivity contribution in [1.29, 1.82) is 5.26 Å². The summed E-state index contributed by atoms with van der Waals surface area (Å²) in [5, 5.41) is 12.5. The number of unbranched alkanes of at least 4 members (excludes halogenated alkanes) is 3. The Morgan fingerprint density at radius 3 is 3.06 bits per heavy atom. The Balaban J connectivity index is 2.25. The Morgan fingerprint density at radius 2 is 2.31 bits per heavy atom. The van der Waals surface area contributed by atoms with Gasteiger partial charge in [-0.2, -0.15) is 15.3 Å². The highest BCUT2D eigenvalue weighted by Crippen LogP contribution is 2.07. The molecule has 1 rings (SSSR count). The Bertz CT molecular complexity index is 329. The van der Waals surface area contributed by atoms with Gasteiger partial charge in [-0.15, -0.1) is 0 Å². The molecule has 1 aromatic rings. The van der Waals surface area contributed by atoms with E-state index in [1.54, 1.807) is 4.68 Å². The van der Waals surface area contributed by atoms with Crippen molar-refractivity contribution in [3.8, 4) is 12.1 Å². The molecule has 0 fully saturated rings. The Labute approximate surface area is 96.0 Å². The second kappa shape index (κ2) is 7.69. The first-order valence-corrected chi connectivity index (χ1v) is 5.76. The fourth-order valence-electron chi connectivity index (χ4n) is 1.37. The SMILES string of the molecule is CCCCCCOc1ncnn1CCC#N. The van der Waals surface area contributed by atoms with Crippen molar-refractivity contribution < 1.29 is 4.74 Å². The lowest BCUT2D eigenvalue weighted by Gasteiger charge is -2.05. The van der Waals surface area contributed by atoms with Crippen molar-refractivity contribution in [3.05, 3.63) is 6.33 Å². The average Bonchev–Trinajstić information content (AvgIpc) is 2.74. The van der Waals surface area contributed by atoms with E-state index in [4.69, 9.17) is 10.00 Å². The van der Waals surface area contributed by atoms with Crippen molar-refractivity contribution in [3.63, 3.8) is 0 Å². The van der Waals surface area contributed by atoms with E-state index in [1.165, 1.54) is 25.6 Å². The normalized spacial score (nSPS) is 10.0. The Morgan fingerprint density at radius 1 is 1.44 bits per heavy atom. The average molecular weight is 222 g/mol. The van der Waals surface area contributed by atoms with Crippen molar-refractivity contribution >= 4 is 0 Å². The molecule has 0 unspecified atom stereocenters. The molecule has 5 heteroatoms. The van der Waals surface area contributed by atoms with E-state index in [1.807, 2.05) is 0 Å². The van der Waals surface area contributed by atoms with Crippen LogP contribution in [0.1, 0.15) is 39.0 Å². The van der Waals surface area contributed by atoms with Gasteiger partial charge in [0.05, 0.1) is 25.6 Å². The second-order valence-corrected chi connectivity index (χ2v) is 3.58. The summed E-state index contributed by atoms with van der Waals surface area (Å²) in [6, 6.07) is 2.59. The molecule has 0 aliphatic rings. The molecular formula is C11H18N4O. The predicted molar refractivity (Wildman–Crippen MR) is 59.9 cm³/mol. The minimum Gasteiger partial charge on any atom is -0.464 e. The first-order valence-electron chi connectivity index (χ1n) is 5.76. The topological polar surface area (TPSA) is 63.7 Å². The fraction of sp³-hybridized carbons (Fsp3) is 0.727. The summed E-state index contributed by atoms with van der Waals surface area (Å²) in [6.45, 7) is 3.39. The Hall–Kier alpha value is -1.57. The molecule has 0 aliphatic heterocycles. The molecule has 1 aromatic heterocycles. The molecule has 5 nitrogen and oxygen atoms in total. The molecule has 0 aromatic carbocycles. The molecule has 0 bridgehead atoms. The first kappa shape index (κ1) is 12.5. The van der Waals surface area contributed by atoms with E-state index in [9.17, 15) is 0 Å². The third-order valence-corrected chi connectivity index (χ3v) is 2.24. The van der Waals surface area contributed by atoms with Crippen LogP contribution in [0.2, 0.25) is 0 Å². The minimum atomic E-state index is 0.426. The first-order chi connectivity index (χ1) is 7.88. The van der Waals surface area contributed by atoms with Crippen LogP contribution in [0.3, 0.4) is 0 Å². The maximum Gasteiger partial charge on any atom is 0.314 e. The van der Waals surface area contributed by atoms with Crippen LogP contribution < -0.4 is 4.74 Å². The van der Waals surface area contributed by atoms with Crippen LogP contribution in [0.5, 0.6) is 6.01 Å². The monoisotopic (exact) mass is 222 g/mol. The van der Waals surface area contributed by atoms with Gasteiger partial charge in [0.25, 0.3) is 0 Å². The number of hydrogen-bond acceptors (Lipinski definition) is 4. The molecular weight excluding hydrogens is 204 g/mol. The van der Waals surface area contributed by atoms with Gasteiger partial charge >= 0.3 is 6.01 Å². The third kappa shape index (κ3) is 4.30. The predicted octanol–water partition coefficient (Wildman–Crippen LogP) is 2.15. The molecule has 0 N–H and O–H groups in total. The highest BCUT2D eigenvalue weighted by atomic mass is 16.5. The molecule has 0 saturated heterocycles. The maximum absolute atomic E-state index is 8.48. The van der Waals surface area contributed by atoms with Gasteiger partial charge in [0.1, 0.15) is 6.33 Å². The van der Waals surface area contributed by atoms with Gasteiger partial charge in [-0.05, 0) is 6.42 Å². The van der Waals surface area contributed by atoms with Gasteiger partial charge in [-0.1, -0.05) is 26.2 Å². The van der Waals surface area contributed by atoms with Crippen LogP contribution in [0.25, 0.3) is 0 Å². The summed E-state index contributed by atoms with van der Waals surface area (Å²) >= 11 is 0. The van der Waals surface area contributed by atoms with E-state index >= 15 is 0 Å². The number of nitrogens with zero attached hydrogens (tertiary/aromatic N) is 4. The van der Waals surface area contributed by atoms with E-state index in [0.29, 0.717) is 25.6 Å². The fourth-order valence-corrected chi connectivity index (χ4v) is 1.37. The molecule has 0 amide bonds. The van der Waals surface area contributed by atoms with E-state index in [-0.39, 0.29) is 0 Å². The molecule has 0 saturated carbocycles. The number of hydrogen-bond donors (Lipinski definition) is 0. The summed E-state index contributed by atoms with van der Waals surface area (Å²) in [6.07, 6.45) is 6.57. The number of nitriles is 1. The van der Waals surface area contributed by atoms with Gasteiger partial charge in [-0.3, -0.25) is 0 Å². The van der Waals surface area contributed by atoms with Gasteiger partial charge < -0.3 is 4.74 Å². The largest absolute Gasteiger partial charge is 0.464 e. The van der Waals surface area contributed by atoms with E-state index < -0.39 is 0 Å². The number of aryl methyl sites for hydroxylation is 1. The highest BCUT2D eigenvalue weighted by Gasteiger charge is 2.04. The zero-order chi connectivity index (χ0) is 11.6. The lowest BCUT2D eigenvalue weighted by molar-refractivity contribution is 0.264. The molecule has 0 radical (unpaired) electrons. The second-order valence-electron chi connectivity index (χ2n) is 3.58. The van der Waals surface area contributed by atoms with Crippen molar-refractivity contribution in [1.82, 2.24) is 14.8 Å². The molecule has 0 aliphatic carbocycles. The number of rotatable bonds is 8. The van der Waals surface area contributed by atoms with Gasteiger partial charge in [-0.25, -0.2) is 4.68 Å². The van der Waals surface area contributed by atoms with Crippen molar-refractivity contribution in [2.75, 3.05) is 6.61 Å². The summed E-state index contributed by atoms with van der Waals surface area (Å²) in [4.78, 5) is 4.01. The molecule has 16 heavy (non-hydrogen) atoms. The van der Waals surface area contributed by atoms with Crippen LogP contribution in [0.15, 0.2) is 6.33 Å². The van der Waals surface area contributed by atoms with Crippen LogP contribution in [-0.4, -0.2) is 21.4 Å². The number of ether oxygens (including phenoxy) is 1. The van der Waals surface area contributed by atoms with Crippen LogP contribution in [0.4, 0.5) is 0 Å². The van der Waals surface area contributed by atoms with E-state index in [0.717, 1.165) is 6.42 Å². The zero-order valence-corrected chi connectivity index (χ0v) is 9.72. The molecule has 88 valence electrons. The highest BCUT2D eigenvalue weighted by molar-refractivity contribution is 4.91. The molecule has 0 spiro atoms. The van der Waals surface area contributed by atoms with Crippen LogP contribution >= 0.6 is 0 Å². The van der Waals surface area contributed by atoms with Crippen molar-refractivity contribution in [2.45, 2.75) is 45.6 Å². The Kier molecular flexibility index (Phi) is 6.00. The smallest absolute Gasteiger partial charge is 0.314 e. The quantitative estimate of drug-likeness (QED) is 0.632. The minimum absolute atomic E-state index is 0.426. The summed E-state index contributed by atoms with van der Waals surface area (Å²) in [5.41, 5.74) is 0. The van der Waals surface area contributed by atoms with Gasteiger partial charge in [0.2, 0.25) is 0 Å². The van der Waals surface area contributed by atoms with Gasteiger partial charge in [0.15, 0.2) is 0 Å². The van der Waals surface area contributed by atoms with Crippen LogP contribution in [0, 0.1) is 11.3 Å². The zero-order valence-electron chi connectivity index (χ0n) is 9.72. The standard InChI is InChI=1S/C11H18N4O/c1-2-3-4-5-9-16-11-13-10-14-15(11)8-6-7-12/h10H,2-6,8-9H2,1H3. The lowest BCUT2D eigenvalue weighted by atomic mass is 10.2. The summed E-state index contributed by atoms with van der Waals surface area (Å²) < 4.78 is 7.13. The van der Waals surface area contributed by atoms with Crippen LogP contribution in [-0.2, 0) is 6.54 Å². The summed E-state index contributed by atoms with van der Waals surface area (Å²) in [7, 11) is 0.